The summed E-state index contributed by atoms with van der Waals surface area (Å²) in [4.78, 5) is 26.7. The van der Waals surface area contributed by atoms with Gasteiger partial charge in [0.1, 0.15) is 5.75 Å². The minimum atomic E-state index is -0.527. The van der Waals surface area contributed by atoms with Crippen LogP contribution in [0.15, 0.2) is 94.8 Å². The van der Waals surface area contributed by atoms with E-state index in [-0.39, 0.29) is 11.5 Å². The molecule has 2 N–H and O–H groups in total. The molecule has 4 rings (SSSR count). The monoisotopic (exact) mass is 482 g/mol. The average Bonchev–Trinajstić information content (AvgIpc) is 3.24. The summed E-state index contributed by atoms with van der Waals surface area (Å²) in [7, 11) is 1.60. The highest BCUT2D eigenvalue weighted by Crippen LogP contribution is 2.24. The highest BCUT2D eigenvalue weighted by atomic mass is 16.5. The highest BCUT2D eigenvalue weighted by Gasteiger charge is 2.23. The van der Waals surface area contributed by atoms with Gasteiger partial charge in [-0.3, -0.25) is 14.7 Å². The highest BCUT2D eigenvalue weighted by molar-refractivity contribution is 6.00. The van der Waals surface area contributed by atoms with Crippen molar-refractivity contribution in [3.8, 4) is 11.4 Å². The number of nitrogens with zero attached hydrogens (tertiary/aromatic N) is 2. The van der Waals surface area contributed by atoms with Gasteiger partial charge >= 0.3 is 0 Å². The third-order valence-electron chi connectivity index (χ3n) is 6.02. The molecule has 184 valence electrons. The first kappa shape index (κ1) is 24.7. The van der Waals surface area contributed by atoms with Crippen LogP contribution in [0.3, 0.4) is 0 Å². The lowest BCUT2D eigenvalue weighted by atomic mass is 9.91. The zero-order valence-electron chi connectivity index (χ0n) is 20.7. The molecular weight excluding hydrogens is 452 g/mol. The number of amides is 1. The second-order valence-corrected chi connectivity index (χ2v) is 8.48. The molecule has 1 amide bonds. The van der Waals surface area contributed by atoms with E-state index >= 15 is 0 Å². The summed E-state index contributed by atoms with van der Waals surface area (Å²) >= 11 is 0. The van der Waals surface area contributed by atoms with E-state index in [1.54, 1.807) is 26.2 Å². The van der Waals surface area contributed by atoms with Crippen molar-refractivity contribution in [1.82, 2.24) is 15.2 Å². The second kappa shape index (κ2) is 11.4. The van der Waals surface area contributed by atoms with E-state index in [9.17, 15) is 9.59 Å². The molecule has 7 heteroatoms. The summed E-state index contributed by atoms with van der Waals surface area (Å²) in [5, 5.41) is 7.59. The van der Waals surface area contributed by atoms with Gasteiger partial charge in [-0.1, -0.05) is 74.0 Å². The maximum absolute atomic E-state index is 13.4. The number of hydrazone groups is 1. The van der Waals surface area contributed by atoms with E-state index in [2.05, 4.69) is 15.6 Å². The molecule has 0 radical (unpaired) electrons. The second-order valence-electron chi connectivity index (χ2n) is 8.48. The predicted molar refractivity (Wildman–Crippen MR) is 142 cm³/mol. The topological polar surface area (TPSA) is 88.5 Å². The van der Waals surface area contributed by atoms with Gasteiger partial charge in [-0.05, 0) is 48.7 Å². The smallest absolute Gasteiger partial charge is 0.280 e. The molecule has 0 aliphatic carbocycles. The van der Waals surface area contributed by atoms with Crippen LogP contribution < -0.4 is 15.7 Å². The Hall–Kier alpha value is -4.39. The number of hydrogen-bond donors (Lipinski definition) is 2. The Morgan fingerprint density at radius 1 is 0.972 bits per heavy atom. The maximum Gasteiger partial charge on any atom is 0.280 e. The van der Waals surface area contributed by atoms with E-state index < -0.39 is 5.92 Å². The molecule has 36 heavy (non-hydrogen) atoms. The van der Waals surface area contributed by atoms with E-state index in [0.717, 1.165) is 23.2 Å². The Kier molecular flexibility index (Phi) is 7.80. The molecule has 0 saturated carbocycles. The molecule has 0 spiro atoms. The maximum atomic E-state index is 13.4. The fraction of sp³-hybridized carbons (Fsp3) is 0.207. The summed E-state index contributed by atoms with van der Waals surface area (Å²) in [5.41, 5.74) is 6.59. The number of aromatic amines is 1. The van der Waals surface area contributed by atoms with Gasteiger partial charge in [0, 0.05) is 5.69 Å². The lowest BCUT2D eigenvalue weighted by Crippen LogP contribution is -2.28. The quantitative estimate of drug-likeness (QED) is 0.265. The van der Waals surface area contributed by atoms with Crippen LogP contribution in [0.2, 0.25) is 0 Å². The summed E-state index contributed by atoms with van der Waals surface area (Å²) in [6.07, 6.45) is 1.52. The van der Waals surface area contributed by atoms with E-state index in [0.29, 0.717) is 29.1 Å². The van der Waals surface area contributed by atoms with Gasteiger partial charge in [-0.2, -0.15) is 5.10 Å². The number of methoxy groups -OCH3 is 1. The fourth-order valence-corrected chi connectivity index (χ4v) is 4.25. The molecule has 0 aliphatic rings. The summed E-state index contributed by atoms with van der Waals surface area (Å²) in [6, 6.07) is 26.4. The lowest BCUT2D eigenvalue weighted by molar-refractivity contribution is -0.121. The molecule has 4 aromatic rings. The predicted octanol–water partition coefficient (Wildman–Crippen LogP) is 4.80. The molecule has 1 heterocycles. The van der Waals surface area contributed by atoms with Crippen molar-refractivity contribution in [3.63, 3.8) is 0 Å². The number of benzene rings is 3. The zero-order valence-corrected chi connectivity index (χ0v) is 20.7. The van der Waals surface area contributed by atoms with Gasteiger partial charge in [0.25, 0.3) is 11.5 Å². The number of aromatic nitrogens is 2. The van der Waals surface area contributed by atoms with Gasteiger partial charge in [0.15, 0.2) is 0 Å². The third kappa shape index (κ3) is 5.30. The number of carbonyl (C=O) groups excluding carboxylic acids is 1. The third-order valence-corrected chi connectivity index (χ3v) is 6.02. The van der Waals surface area contributed by atoms with Crippen LogP contribution in [-0.2, 0) is 11.2 Å². The number of nitrogens with one attached hydrogen (secondary N) is 2. The van der Waals surface area contributed by atoms with Gasteiger partial charge in [0.2, 0.25) is 0 Å². The number of rotatable bonds is 9. The minimum absolute atomic E-state index is 0.221. The van der Waals surface area contributed by atoms with Crippen molar-refractivity contribution in [1.29, 1.82) is 0 Å². The number of carbonyl (C=O) groups is 1. The van der Waals surface area contributed by atoms with Crippen molar-refractivity contribution in [3.05, 3.63) is 118 Å². The SMILES string of the molecule is CCCc1[nH]n(-c2ccc(OC)cc2)c(=O)c1C(C)=NNC(=O)C(c1ccccc1)c1ccccc1. The Balaban J connectivity index is 1.66. The van der Waals surface area contributed by atoms with Crippen molar-refractivity contribution < 1.29 is 9.53 Å². The summed E-state index contributed by atoms with van der Waals surface area (Å²) in [5.74, 6) is -0.0877. The van der Waals surface area contributed by atoms with Crippen molar-refractivity contribution >= 4 is 11.6 Å². The van der Waals surface area contributed by atoms with Crippen LogP contribution in [-0.4, -0.2) is 28.5 Å². The first-order chi connectivity index (χ1) is 17.5. The van der Waals surface area contributed by atoms with Gasteiger partial charge in [-0.25, -0.2) is 10.1 Å². The van der Waals surface area contributed by atoms with Crippen LogP contribution >= 0.6 is 0 Å². The largest absolute Gasteiger partial charge is 0.497 e. The first-order valence-corrected chi connectivity index (χ1v) is 12.0. The molecular formula is C29H30N4O3. The zero-order chi connectivity index (χ0) is 25.5. The van der Waals surface area contributed by atoms with Crippen molar-refractivity contribution in [2.75, 3.05) is 7.11 Å². The molecule has 1 aromatic heterocycles. The lowest BCUT2D eigenvalue weighted by Gasteiger charge is -2.16. The van der Waals surface area contributed by atoms with E-state index in [1.807, 2.05) is 79.7 Å². The molecule has 0 bridgehead atoms. The van der Waals surface area contributed by atoms with Crippen molar-refractivity contribution in [2.45, 2.75) is 32.6 Å². The number of ether oxygens (including phenoxy) is 1. The van der Waals surface area contributed by atoms with Crippen molar-refractivity contribution in [2.24, 2.45) is 5.10 Å². The standard InChI is InChI=1S/C29H30N4O3/c1-4-11-25-26(29(35)33(32-25)23-16-18-24(36-3)19-17-23)20(2)30-31-28(34)27(21-12-7-5-8-13-21)22-14-9-6-10-15-22/h5-10,12-19,27,32H,4,11H2,1-3H3,(H,31,34). The van der Waals surface area contributed by atoms with Crippen LogP contribution in [0.4, 0.5) is 0 Å². The van der Waals surface area contributed by atoms with Crippen LogP contribution in [0.5, 0.6) is 5.75 Å². The molecule has 0 fully saturated rings. The molecule has 0 saturated heterocycles. The van der Waals surface area contributed by atoms with Crippen LogP contribution in [0, 0.1) is 0 Å². The van der Waals surface area contributed by atoms with Crippen LogP contribution in [0.25, 0.3) is 5.69 Å². The van der Waals surface area contributed by atoms with Gasteiger partial charge in [-0.15, -0.1) is 0 Å². The Morgan fingerprint density at radius 3 is 2.08 bits per heavy atom. The molecule has 0 unspecified atom stereocenters. The molecule has 3 aromatic carbocycles. The number of aryl methyl sites for hydroxylation is 1. The summed E-state index contributed by atoms with van der Waals surface area (Å²) in [6.45, 7) is 3.79. The molecule has 0 atom stereocenters. The van der Waals surface area contributed by atoms with Crippen LogP contribution in [0.1, 0.15) is 48.6 Å². The molecule has 0 aliphatic heterocycles. The average molecular weight is 483 g/mol. The minimum Gasteiger partial charge on any atom is -0.497 e. The molecule has 7 nitrogen and oxygen atoms in total. The normalized spacial score (nSPS) is 11.5. The fourth-order valence-electron chi connectivity index (χ4n) is 4.25. The Labute approximate surface area is 210 Å². The Bertz CT molecular complexity index is 1350. The van der Waals surface area contributed by atoms with E-state index in [1.165, 1.54) is 4.68 Å². The van der Waals surface area contributed by atoms with Gasteiger partial charge in [0.05, 0.1) is 30.0 Å². The number of hydrogen-bond acceptors (Lipinski definition) is 4. The first-order valence-electron chi connectivity index (χ1n) is 12.0. The summed E-state index contributed by atoms with van der Waals surface area (Å²) < 4.78 is 6.72. The van der Waals surface area contributed by atoms with Gasteiger partial charge < -0.3 is 4.74 Å². The number of H-pyrrole nitrogens is 1. The Morgan fingerprint density at radius 2 is 1.56 bits per heavy atom. The van der Waals surface area contributed by atoms with E-state index in [4.69, 9.17) is 4.74 Å².